The highest BCUT2D eigenvalue weighted by molar-refractivity contribution is 5.88. The van der Waals surface area contributed by atoms with Gasteiger partial charge in [0.2, 0.25) is 5.91 Å². The van der Waals surface area contributed by atoms with Gasteiger partial charge < -0.3 is 15.0 Å². The predicted molar refractivity (Wildman–Crippen MR) is 120 cm³/mol. The van der Waals surface area contributed by atoms with Crippen LogP contribution in [0.15, 0.2) is 42.6 Å². The monoisotopic (exact) mass is 434 g/mol. The molecule has 5 rings (SSSR count). The van der Waals surface area contributed by atoms with Crippen molar-refractivity contribution < 1.29 is 14.3 Å². The number of anilines is 2. The standard InChI is InChI=1S/C25H30N4O3/c30-23-17-19(25(32-23)12-3-1-4-13-25)24(31)29-15-10-18(11-16-29)20-7-6-9-22(27-20)28-21-8-2-5-14-26-21/h2,5-9,14,18-19H,1,3-4,10-13,15-17H2,(H,26,27,28)/t19-/m0/s1. The summed E-state index contributed by atoms with van der Waals surface area (Å²) < 4.78 is 5.76. The fourth-order valence-electron chi connectivity index (χ4n) is 5.54. The second-order valence-electron chi connectivity index (χ2n) is 9.24. The fourth-order valence-corrected chi connectivity index (χ4v) is 5.54. The van der Waals surface area contributed by atoms with Crippen LogP contribution in [0.5, 0.6) is 0 Å². The molecule has 0 bridgehead atoms. The van der Waals surface area contributed by atoms with E-state index in [1.165, 1.54) is 0 Å². The zero-order valence-corrected chi connectivity index (χ0v) is 18.3. The van der Waals surface area contributed by atoms with Gasteiger partial charge in [-0.15, -0.1) is 0 Å². The van der Waals surface area contributed by atoms with Crippen LogP contribution in [-0.2, 0) is 14.3 Å². The maximum Gasteiger partial charge on any atom is 0.307 e. The summed E-state index contributed by atoms with van der Waals surface area (Å²) in [6, 6.07) is 11.7. The molecule has 2 saturated heterocycles. The zero-order valence-electron chi connectivity index (χ0n) is 18.3. The first-order chi connectivity index (χ1) is 15.6. The molecule has 3 aliphatic rings. The molecule has 2 aromatic rings. The number of hydrogen-bond acceptors (Lipinski definition) is 6. The first-order valence-corrected chi connectivity index (χ1v) is 11.8. The van der Waals surface area contributed by atoms with Crippen LogP contribution >= 0.6 is 0 Å². The normalized spacial score (nSPS) is 23.2. The van der Waals surface area contributed by atoms with Crippen molar-refractivity contribution in [3.8, 4) is 0 Å². The van der Waals surface area contributed by atoms with Crippen molar-refractivity contribution in [1.29, 1.82) is 0 Å². The van der Waals surface area contributed by atoms with Gasteiger partial charge in [-0.05, 0) is 62.8 Å². The van der Waals surface area contributed by atoms with Crippen LogP contribution in [0, 0.1) is 5.92 Å². The quantitative estimate of drug-likeness (QED) is 0.727. The minimum absolute atomic E-state index is 0.106. The number of piperidine rings is 1. The van der Waals surface area contributed by atoms with Crippen molar-refractivity contribution in [2.75, 3.05) is 18.4 Å². The lowest BCUT2D eigenvalue weighted by atomic mass is 9.75. The number of nitrogens with one attached hydrogen (secondary N) is 1. The summed E-state index contributed by atoms with van der Waals surface area (Å²) in [6.07, 6.45) is 8.62. The summed E-state index contributed by atoms with van der Waals surface area (Å²) in [7, 11) is 0. The Bertz CT molecular complexity index is 966. The van der Waals surface area contributed by atoms with Crippen molar-refractivity contribution in [3.63, 3.8) is 0 Å². The molecule has 0 radical (unpaired) electrons. The zero-order chi connectivity index (χ0) is 22.0. The Morgan fingerprint density at radius 3 is 2.56 bits per heavy atom. The van der Waals surface area contributed by atoms with Crippen LogP contribution in [0.4, 0.5) is 11.6 Å². The first-order valence-electron chi connectivity index (χ1n) is 11.8. The molecular formula is C25H30N4O3. The Morgan fingerprint density at radius 1 is 1.03 bits per heavy atom. The topological polar surface area (TPSA) is 84.4 Å². The average Bonchev–Trinajstić information content (AvgIpc) is 3.15. The number of nitrogens with zero attached hydrogens (tertiary/aromatic N) is 3. The lowest BCUT2D eigenvalue weighted by molar-refractivity contribution is -0.156. The molecule has 0 aromatic carbocycles. The molecule has 3 fully saturated rings. The number of carbonyl (C=O) groups excluding carboxylic acids is 2. The number of aromatic nitrogens is 2. The number of hydrogen-bond donors (Lipinski definition) is 1. The van der Waals surface area contributed by atoms with E-state index in [2.05, 4.69) is 16.4 Å². The van der Waals surface area contributed by atoms with E-state index in [9.17, 15) is 9.59 Å². The van der Waals surface area contributed by atoms with Crippen LogP contribution in [-0.4, -0.2) is 45.4 Å². The van der Waals surface area contributed by atoms with Crippen LogP contribution < -0.4 is 5.32 Å². The van der Waals surface area contributed by atoms with Crippen LogP contribution in [0.1, 0.15) is 63.0 Å². The number of pyridine rings is 2. The number of esters is 1. The Balaban J connectivity index is 1.22. The minimum Gasteiger partial charge on any atom is -0.458 e. The Morgan fingerprint density at radius 2 is 1.81 bits per heavy atom. The van der Waals surface area contributed by atoms with Gasteiger partial charge >= 0.3 is 5.97 Å². The SMILES string of the molecule is O=C1C[C@@H](C(=O)N2CCC(c3cccc(Nc4ccccn4)n3)CC2)C2(CCCCC2)O1. The van der Waals surface area contributed by atoms with Gasteiger partial charge in [0.15, 0.2) is 0 Å². The lowest BCUT2D eigenvalue weighted by Gasteiger charge is -2.39. The highest BCUT2D eigenvalue weighted by Gasteiger charge is 2.53. The van der Waals surface area contributed by atoms with E-state index < -0.39 is 5.60 Å². The van der Waals surface area contributed by atoms with Gasteiger partial charge in [0, 0.05) is 30.9 Å². The molecule has 1 N–H and O–H groups in total. The summed E-state index contributed by atoms with van der Waals surface area (Å²) in [5.74, 6) is 1.45. The molecule has 4 heterocycles. The van der Waals surface area contributed by atoms with Gasteiger partial charge in [-0.1, -0.05) is 18.6 Å². The Hall–Kier alpha value is -2.96. The predicted octanol–water partition coefficient (Wildman–Crippen LogP) is 4.19. The van der Waals surface area contributed by atoms with E-state index in [1.54, 1.807) is 6.20 Å². The van der Waals surface area contributed by atoms with E-state index >= 15 is 0 Å². The maximum atomic E-state index is 13.4. The second-order valence-corrected chi connectivity index (χ2v) is 9.24. The number of ether oxygens (including phenoxy) is 1. The molecule has 2 aromatic heterocycles. The van der Waals surface area contributed by atoms with Gasteiger partial charge in [0.25, 0.3) is 0 Å². The summed E-state index contributed by atoms with van der Waals surface area (Å²) >= 11 is 0. The Kier molecular flexibility index (Phi) is 5.81. The maximum absolute atomic E-state index is 13.4. The summed E-state index contributed by atoms with van der Waals surface area (Å²) in [6.45, 7) is 1.40. The van der Waals surface area contributed by atoms with Crippen molar-refractivity contribution in [2.45, 2.75) is 62.9 Å². The highest BCUT2D eigenvalue weighted by Crippen LogP contribution is 2.45. The van der Waals surface area contributed by atoms with Crippen molar-refractivity contribution in [1.82, 2.24) is 14.9 Å². The summed E-state index contributed by atoms with van der Waals surface area (Å²) in [4.78, 5) is 36.5. The van der Waals surface area contributed by atoms with E-state index in [-0.39, 0.29) is 24.2 Å². The molecular weight excluding hydrogens is 404 g/mol. The largest absolute Gasteiger partial charge is 0.458 e. The first kappa shape index (κ1) is 20.9. The van der Waals surface area contributed by atoms with Gasteiger partial charge in [-0.2, -0.15) is 0 Å². The molecule has 7 nitrogen and oxygen atoms in total. The van der Waals surface area contributed by atoms with Crippen LogP contribution in [0.3, 0.4) is 0 Å². The molecule has 0 unspecified atom stereocenters. The highest BCUT2D eigenvalue weighted by atomic mass is 16.6. The Labute approximate surface area is 188 Å². The summed E-state index contributed by atoms with van der Waals surface area (Å²) in [5.41, 5.74) is 0.497. The molecule has 1 spiro atoms. The second kappa shape index (κ2) is 8.88. The van der Waals surface area contributed by atoms with Gasteiger partial charge in [-0.25, -0.2) is 9.97 Å². The van der Waals surface area contributed by atoms with Gasteiger partial charge in [-0.3, -0.25) is 9.59 Å². The van der Waals surface area contributed by atoms with Crippen molar-refractivity contribution in [2.24, 2.45) is 5.92 Å². The smallest absolute Gasteiger partial charge is 0.307 e. The van der Waals surface area contributed by atoms with E-state index in [0.717, 1.165) is 62.3 Å². The molecule has 7 heteroatoms. The lowest BCUT2D eigenvalue weighted by Crippen LogP contribution is -2.49. The minimum atomic E-state index is -0.545. The molecule has 32 heavy (non-hydrogen) atoms. The van der Waals surface area contributed by atoms with Crippen molar-refractivity contribution in [3.05, 3.63) is 48.3 Å². The average molecular weight is 435 g/mol. The summed E-state index contributed by atoms with van der Waals surface area (Å²) in [5, 5.41) is 3.25. The number of amides is 1. The number of likely N-dealkylation sites (tertiary alicyclic amines) is 1. The molecule has 1 atom stereocenters. The van der Waals surface area contributed by atoms with E-state index in [0.29, 0.717) is 19.0 Å². The van der Waals surface area contributed by atoms with Crippen LogP contribution in [0.25, 0.3) is 0 Å². The number of rotatable bonds is 4. The van der Waals surface area contributed by atoms with E-state index in [1.807, 2.05) is 35.2 Å². The molecule has 1 amide bonds. The molecule has 1 aliphatic carbocycles. The molecule has 168 valence electrons. The van der Waals surface area contributed by atoms with Gasteiger partial charge in [0.05, 0.1) is 12.3 Å². The third kappa shape index (κ3) is 4.20. The van der Waals surface area contributed by atoms with Gasteiger partial charge in [0.1, 0.15) is 17.2 Å². The number of carbonyl (C=O) groups is 2. The van der Waals surface area contributed by atoms with Crippen molar-refractivity contribution >= 4 is 23.5 Å². The molecule has 1 saturated carbocycles. The molecule has 2 aliphatic heterocycles. The third-order valence-electron chi connectivity index (χ3n) is 7.24. The van der Waals surface area contributed by atoms with Crippen LogP contribution in [0.2, 0.25) is 0 Å². The third-order valence-corrected chi connectivity index (χ3v) is 7.24. The fraction of sp³-hybridized carbons (Fsp3) is 0.520. The van der Waals surface area contributed by atoms with E-state index in [4.69, 9.17) is 9.72 Å².